The summed E-state index contributed by atoms with van der Waals surface area (Å²) in [6, 6.07) is 12.7. The Labute approximate surface area is 172 Å². The van der Waals surface area contributed by atoms with Crippen LogP contribution >= 0.6 is 0 Å². The van der Waals surface area contributed by atoms with Gasteiger partial charge in [-0.15, -0.1) is 0 Å². The number of nitrogens with one attached hydrogen (secondary N) is 1. The Morgan fingerprint density at radius 3 is 2.70 bits per heavy atom. The standard InChI is InChI=1S/C22H21N3O5/c26-20(12-23-21(27)15-5-6-18-19(11-15)29-13-28-18)25-9-7-14(8-10-25)22-24-16-3-1-2-4-17(16)30-22/h1-6,11,14H,7-10,12-13H2,(H,23,27). The summed E-state index contributed by atoms with van der Waals surface area (Å²) < 4.78 is 16.4. The van der Waals surface area contributed by atoms with Crippen molar-refractivity contribution in [2.75, 3.05) is 26.4 Å². The van der Waals surface area contributed by atoms with E-state index >= 15 is 0 Å². The molecule has 2 aliphatic heterocycles. The van der Waals surface area contributed by atoms with Crippen molar-refractivity contribution >= 4 is 22.9 Å². The number of ether oxygens (including phenoxy) is 2. The third kappa shape index (κ3) is 3.56. The number of carbonyl (C=O) groups excluding carboxylic acids is 2. The van der Waals surface area contributed by atoms with E-state index in [0.29, 0.717) is 30.2 Å². The van der Waals surface area contributed by atoms with Crippen LogP contribution in [0.3, 0.4) is 0 Å². The lowest BCUT2D eigenvalue weighted by Crippen LogP contribution is -2.43. The smallest absolute Gasteiger partial charge is 0.251 e. The lowest BCUT2D eigenvalue weighted by atomic mass is 9.97. The van der Waals surface area contributed by atoms with Crippen molar-refractivity contribution in [3.05, 3.63) is 53.9 Å². The predicted octanol–water partition coefficient (Wildman–Crippen LogP) is 2.69. The van der Waals surface area contributed by atoms with Crippen LogP contribution in [-0.4, -0.2) is 48.1 Å². The Morgan fingerprint density at radius 2 is 1.87 bits per heavy atom. The summed E-state index contributed by atoms with van der Waals surface area (Å²) in [4.78, 5) is 31.2. The maximum atomic E-state index is 12.5. The molecule has 3 aromatic rings. The number of piperidine rings is 1. The Kier molecular flexibility index (Phi) is 4.74. The molecule has 2 aromatic carbocycles. The lowest BCUT2D eigenvalue weighted by Gasteiger charge is -2.30. The highest BCUT2D eigenvalue weighted by Gasteiger charge is 2.27. The molecule has 1 aromatic heterocycles. The number of rotatable bonds is 4. The first-order chi connectivity index (χ1) is 14.7. The molecule has 0 bridgehead atoms. The average Bonchev–Trinajstić information content (AvgIpc) is 3.43. The van der Waals surface area contributed by atoms with E-state index in [1.54, 1.807) is 23.1 Å². The van der Waals surface area contributed by atoms with Crippen LogP contribution in [0.2, 0.25) is 0 Å². The maximum absolute atomic E-state index is 12.5. The predicted molar refractivity (Wildman–Crippen MR) is 107 cm³/mol. The number of amides is 2. The van der Waals surface area contributed by atoms with Gasteiger partial charge < -0.3 is 24.1 Å². The number of hydrogen-bond acceptors (Lipinski definition) is 6. The zero-order valence-corrected chi connectivity index (χ0v) is 16.3. The Morgan fingerprint density at radius 1 is 1.07 bits per heavy atom. The van der Waals surface area contributed by atoms with Crippen molar-refractivity contribution in [2.24, 2.45) is 0 Å². The maximum Gasteiger partial charge on any atom is 0.251 e. The first-order valence-electron chi connectivity index (χ1n) is 9.98. The molecular weight excluding hydrogens is 386 g/mol. The molecule has 5 rings (SSSR count). The molecule has 154 valence electrons. The van der Waals surface area contributed by atoms with Gasteiger partial charge in [-0.3, -0.25) is 9.59 Å². The third-order valence-corrected chi connectivity index (χ3v) is 5.54. The Balaban J connectivity index is 1.14. The van der Waals surface area contributed by atoms with Crippen LogP contribution in [0.4, 0.5) is 0 Å². The monoisotopic (exact) mass is 407 g/mol. The van der Waals surface area contributed by atoms with Crippen molar-refractivity contribution < 1.29 is 23.5 Å². The number of hydrogen-bond donors (Lipinski definition) is 1. The molecule has 2 aliphatic rings. The number of likely N-dealkylation sites (tertiary alicyclic amines) is 1. The molecule has 0 saturated carbocycles. The van der Waals surface area contributed by atoms with Gasteiger partial charge in [-0.1, -0.05) is 12.1 Å². The minimum atomic E-state index is -0.317. The molecule has 0 radical (unpaired) electrons. The van der Waals surface area contributed by atoms with Crippen molar-refractivity contribution in [3.63, 3.8) is 0 Å². The minimum Gasteiger partial charge on any atom is -0.454 e. The number of carbonyl (C=O) groups is 2. The highest BCUT2D eigenvalue weighted by atomic mass is 16.7. The van der Waals surface area contributed by atoms with Crippen LogP contribution in [0.15, 0.2) is 46.9 Å². The average molecular weight is 407 g/mol. The molecule has 0 aliphatic carbocycles. The molecule has 8 nitrogen and oxygen atoms in total. The second kappa shape index (κ2) is 7.70. The molecule has 8 heteroatoms. The molecule has 1 fully saturated rings. The molecular formula is C22H21N3O5. The van der Waals surface area contributed by atoms with E-state index in [-0.39, 0.29) is 31.1 Å². The van der Waals surface area contributed by atoms with E-state index in [2.05, 4.69) is 10.3 Å². The van der Waals surface area contributed by atoms with Crippen LogP contribution in [0.25, 0.3) is 11.1 Å². The summed E-state index contributed by atoms with van der Waals surface area (Å²) in [6.45, 7) is 1.34. The van der Waals surface area contributed by atoms with E-state index in [1.165, 1.54) is 0 Å². The highest BCUT2D eigenvalue weighted by molar-refractivity contribution is 5.97. The molecule has 1 saturated heterocycles. The third-order valence-electron chi connectivity index (χ3n) is 5.54. The minimum absolute atomic E-state index is 0.0408. The van der Waals surface area contributed by atoms with E-state index < -0.39 is 0 Å². The van der Waals surface area contributed by atoms with Crippen LogP contribution in [0.5, 0.6) is 11.5 Å². The van der Waals surface area contributed by atoms with E-state index in [9.17, 15) is 9.59 Å². The zero-order valence-electron chi connectivity index (χ0n) is 16.3. The van der Waals surface area contributed by atoms with Crippen molar-refractivity contribution in [1.29, 1.82) is 0 Å². The van der Waals surface area contributed by atoms with Crippen LogP contribution in [-0.2, 0) is 4.79 Å². The van der Waals surface area contributed by atoms with Crippen molar-refractivity contribution in [2.45, 2.75) is 18.8 Å². The molecule has 2 amide bonds. The zero-order chi connectivity index (χ0) is 20.5. The van der Waals surface area contributed by atoms with Gasteiger partial charge in [-0.25, -0.2) is 4.98 Å². The summed E-state index contributed by atoms with van der Waals surface area (Å²) in [6.07, 6.45) is 1.57. The van der Waals surface area contributed by atoms with Crippen molar-refractivity contribution in [1.82, 2.24) is 15.2 Å². The number of nitrogens with zero attached hydrogens (tertiary/aromatic N) is 2. The number of para-hydroxylation sites is 2. The molecule has 30 heavy (non-hydrogen) atoms. The first-order valence-corrected chi connectivity index (χ1v) is 9.98. The van der Waals surface area contributed by atoms with E-state index in [1.807, 2.05) is 24.3 Å². The van der Waals surface area contributed by atoms with Crippen molar-refractivity contribution in [3.8, 4) is 11.5 Å². The number of fused-ring (bicyclic) bond motifs is 2. The van der Waals surface area contributed by atoms with Gasteiger partial charge >= 0.3 is 0 Å². The number of benzene rings is 2. The SMILES string of the molecule is O=C(NCC(=O)N1CCC(c2nc3ccccc3o2)CC1)c1ccc2c(c1)OCO2. The van der Waals surface area contributed by atoms with Gasteiger partial charge in [-0.2, -0.15) is 0 Å². The van der Waals surface area contributed by atoms with Crippen LogP contribution in [0.1, 0.15) is 35.0 Å². The van der Waals surface area contributed by atoms with Crippen LogP contribution in [0, 0.1) is 0 Å². The van der Waals surface area contributed by atoms with Gasteiger partial charge in [0.1, 0.15) is 5.52 Å². The fourth-order valence-corrected chi connectivity index (χ4v) is 3.85. The molecule has 0 atom stereocenters. The summed E-state index contributed by atoms with van der Waals surface area (Å²) in [5, 5.41) is 2.69. The fourth-order valence-electron chi connectivity index (χ4n) is 3.85. The Hall–Kier alpha value is -3.55. The van der Waals surface area contributed by atoms with Crippen LogP contribution < -0.4 is 14.8 Å². The van der Waals surface area contributed by atoms with Gasteiger partial charge in [0.2, 0.25) is 12.7 Å². The van der Waals surface area contributed by atoms with Gasteiger partial charge in [0.15, 0.2) is 23.0 Å². The second-order valence-corrected chi connectivity index (χ2v) is 7.43. The Bertz CT molecular complexity index is 1070. The molecule has 3 heterocycles. The quantitative estimate of drug-likeness (QED) is 0.715. The van der Waals surface area contributed by atoms with Gasteiger partial charge in [0.25, 0.3) is 5.91 Å². The largest absolute Gasteiger partial charge is 0.454 e. The normalized spacial score (nSPS) is 16.1. The summed E-state index contributed by atoms with van der Waals surface area (Å²) in [5.41, 5.74) is 2.08. The molecule has 0 spiro atoms. The second-order valence-electron chi connectivity index (χ2n) is 7.43. The topological polar surface area (TPSA) is 93.9 Å². The molecule has 0 unspecified atom stereocenters. The number of oxazole rings is 1. The lowest BCUT2D eigenvalue weighted by molar-refractivity contribution is -0.131. The summed E-state index contributed by atoms with van der Waals surface area (Å²) in [7, 11) is 0. The van der Waals surface area contributed by atoms with Gasteiger partial charge in [-0.05, 0) is 43.2 Å². The van der Waals surface area contributed by atoms with E-state index in [4.69, 9.17) is 13.9 Å². The van der Waals surface area contributed by atoms with Gasteiger partial charge in [0.05, 0.1) is 6.54 Å². The van der Waals surface area contributed by atoms with E-state index in [0.717, 1.165) is 29.8 Å². The summed E-state index contributed by atoms with van der Waals surface area (Å²) >= 11 is 0. The highest BCUT2D eigenvalue weighted by Crippen LogP contribution is 2.32. The number of aromatic nitrogens is 1. The molecule has 1 N–H and O–H groups in total. The van der Waals surface area contributed by atoms with Gasteiger partial charge in [0, 0.05) is 24.6 Å². The summed E-state index contributed by atoms with van der Waals surface area (Å²) in [5.74, 6) is 1.67. The first kappa shape index (κ1) is 18.5. The fraction of sp³-hybridized carbons (Fsp3) is 0.318.